The summed E-state index contributed by atoms with van der Waals surface area (Å²) in [5, 5.41) is 11.5. The second kappa shape index (κ2) is 8.90. The molecular formula is C28H32N2O4. The molecule has 3 aliphatic rings. The molecule has 1 heterocycles. The summed E-state index contributed by atoms with van der Waals surface area (Å²) in [4.78, 5) is 27.6. The summed E-state index contributed by atoms with van der Waals surface area (Å²) < 4.78 is 5.42. The first-order valence-electron chi connectivity index (χ1n) is 12.2. The number of fused-ring (bicyclic) bond motifs is 5. The van der Waals surface area contributed by atoms with Gasteiger partial charge in [-0.2, -0.15) is 0 Å². The van der Waals surface area contributed by atoms with E-state index in [1.54, 1.807) is 13.3 Å². The Morgan fingerprint density at radius 3 is 2.88 bits per heavy atom. The van der Waals surface area contributed by atoms with Gasteiger partial charge < -0.3 is 15.2 Å². The number of methoxy groups -OCH3 is 1. The summed E-state index contributed by atoms with van der Waals surface area (Å²) >= 11 is 0. The first kappa shape index (κ1) is 22.6. The minimum Gasteiger partial charge on any atom is -0.495 e. The van der Waals surface area contributed by atoms with Crippen molar-refractivity contribution in [2.75, 3.05) is 13.7 Å². The Morgan fingerprint density at radius 1 is 1.24 bits per heavy atom. The SMILES string of the molecule is COc1cncc(C2=CC[C@H]3[C@@H]4CCc5cc(C(=O)NCCC(=O)O)ccc5[C@H]4CC[C@]23C)c1. The maximum Gasteiger partial charge on any atom is 0.305 e. The van der Waals surface area contributed by atoms with E-state index in [2.05, 4.69) is 35.4 Å². The van der Waals surface area contributed by atoms with Crippen LogP contribution >= 0.6 is 0 Å². The highest BCUT2D eigenvalue weighted by atomic mass is 16.5. The standard InChI is InChI=1S/C28H32N2O4/c1-28-11-9-22-21-5-4-18(27(33)30-12-10-26(31)32)13-17(21)3-6-23(22)25(28)8-7-24(28)19-14-20(34-2)16-29-15-19/h4-5,7,13-16,22-23,25H,3,6,8-12H2,1-2H3,(H,30,33)(H,31,32)/t22-,23-,25+,28-/m1/s1. The van der Waals surface area contributed by atoms with E-state index in [0.717, 1.165) is 37.9 Å². The summed E-state index contributed by atoms with van der Waals surface area (Å²) in [6.07, 6.45) is 11.6. The highest BCUT2D eigenvalue weighted by Crippen LogP contribution is 2.63. The number of ether oxygens (including phenoxy) is 1. The lowest BCUT2D eigenvalue weighted by Gasteiger charge is -2.50. The number of nitrogens with zero attached hydrogens (tertiary/aromatic N) is 1. The van der Waals surface area contributed by atoms with Crippen molar-refractivity contribution in [3.05, 3.63) is 65.0 Å². The van der Waals surface area contributed by atoms with E-state index in [1.165, 1.54) is 22.3 Å². The molecule has 1 saturated carbocycles. The van der Waals surface area contributed by atoms with Gasteiger partial charge in [0.15, 0.2) is 0 Å². The Hall–Kier alpha value is -3.15. The predicted octanol–water partition coefficient (Wildman–Crippen LogP) is 4.84. The lowest BCUT2D eigenvalue weighted by molar-refractivity contribution is -0.136. The number of aryl methyl sites for hydroxylation is 1. The van der Waals surface area contributed by atoms with Crippen LogP contribution in [0.3, 0.4) is 0 Å². The van der Waals surface area contributed by atoms with Gasteiger partial charge in [-0.3, -0.25) is 14.6 Å². The molecule has 0 aliphatic heterocycles. The summed E-state index contributed by atoms with van der Waals surface area (Å²) in [6, 6.07) is 8.19. The van der Waals surface area contributed by atoms with Gasteiger partial charge in [0.1, 0.15) is 5.75 Å². The minimum atomic E-state index is -0.909. The van der Waals surface area contributed by atoms with Crippen LogP contribution in [-0.4, -0.2) is 35.6 Å². The zero-order valence-corrected chi connectivity index (χ0v) is 19.8. The Balaban J connectivity index is 1.34. The summed E-state index contributed by atoms with van der Waals surface area (Å²) in [5.41, 5.74) is 6.05. The molecule has 0 unspecified atom stereocenters. The molecule has 3 aliphatic carbocycles. The number of rotatable bonds is 6. The van der Waals surface area contributed by atoms with Crippen LogP contribution in [0.25, 0.3) is 5.57 Å². The molecule has 4 atom stereocenters. The van der Waals surface area contributed by atoms with Gasteiger partial charge in [0.25, 0.3) is 5.91 Å². The number of aromatic nitrogens is 1. The smallest absolute Gasteiger partial charge is 0.305 e. The highest BCUT2D eigenvalue weighted by Gasteiger charge is 2.52. The van der Waals surface area contributed by atoms with Crippen molar-refractivity contribution in [2.45, 2.75) is 51.4 Å². The highest BCUT2D eigenvalue weighted by molar-refractivity contribution is 5.94. The van der Waals surface area contributed by atoms with Crippen molar-refractivity contribution in [1.29, 1.82) is 0 Å². The average Bonchev–Trinajstić information content (AvgIpc) is 3.20. The van der Waals surface area contributed by atoms with Crippen LogP contribution in [0.4, 0.5) is 0 Å². The van der Waals surface area contributed by atoms with Crippen LogP contribution in [0.1, 0.15) is 72.0 Å². The van der Waals surface area contributed by atoms with E-state index in [0.29, 0.717) is 23.3 Å². The zero-order chi connectivity index (χ0) is 23.9. The van der Waals surface area contributed by atoms with Gasteiger partial charge >= 0.3 is 5.97 Å². The molecule has 0 bridgehead atoms. The number of aliphatic carboxylic acids is 1. The van der Waals surface area contributed by atoms with Gasteiger partial charge in [-0.1, -0.05) is 19.1 Å². The molecule has 2 N–H and O–H groups in total. The first-order chi connectivity index (χ1) is 16.4. The van der Waals surface area contributed by atoms with E-state index in [4.69, 9.17) is 9.84 Å². The van der Waals surface area contributed by atoms with Crippen LogP contribution in [0.15, 0.2) is 42.7 Å². The second-order valence-corrected chi connectivity index (χ2v) is 10.2. The van der Waals surface area contributed by atoms with Crippen LogP contribution < -0.4 is 10.1 Å². The van der Waals surface area contributed by atoms with Crippen LogP contribution in [0.2, 0.25) is 0 Å². The lowest BCUT2D eigenvalue weighted by Crippen LogP contribution is -2.41. The number of allylic oxidation sites excluding steroid dienone is 2. The third-order valence-corrected chi connectivity index (χ3v) is 8.45. The molecule has 6 nitrogen and oxygen atoms in total. The van der Waals surface area contributed by atoms with E-state index in [9.17, 15) is 9.59 Å². The molecule has 1 aromatic heterocycles. The summed E-state index contributed by atoms with van der Waals surface area (Å²) in [7, 11) is 1.68. The van der Waals surface area contributed by atoms with Gasteiger partial charge in [0.05, 0.1) is 19.7 Å². The maximum atomic E-state index is 12.5. The fourth-order valence-corrected chi connectivity index (χ4v) is 6.80. The Morgan fingerprint density at radius 2 is 2.09 bits per heavy atom. The molecule has 6 heteroatoms. The quantitative estimate of drug-likeness (QED) is 0.644. The second-order valence-electron chi connectivity index (χ2n) is 10.2. The fraction of sp³-hybridized carbons (Fsp3) is 0.464. The number of hydrogen-bond donors (Lipinski definition) is 2. The number of nitrogens with one attached hydrogen (secondary N) is 1. The van der Waals surface area contributed by atoms with Crippen molar-refractivity contribution in [3.8, 4) is 5.75 Å². The molecule has 34 heavy (non-hydrogen) atoms. The molecule has 0 spiro atoms. The number of carboxylic acid groups (broad SMARTS) is 1. The monoisotopic (exact) mass is 460 g/mol. The van der Waals surface area contributed by atoms with Crippen LogP contribution in [0, 0.1) is 17.3 Å². The number of carboxylic acids is 1. The fourth-order valence-electron chi connectivity index (χ4n) is 6.80. The van der Waals surface area contributed by atoms with Gasteiger partial charge in [-0.05, 0) is 95.7 Å². The molecule has 1 fully saturated rings. The lowest BCUT2D eigenvalue weighted by atomic mass is 9.54. The van der Waals surface area contributed by atoms with Crippen LogP contribution in [0.5, 0.6) is 5.75 Å². The third kappa shape index (κ3) is 3.89. The number of amides is 1. The number of hydrogen-bond acceptors (Lipinski definition) is 4. The largest absolute Gasteiger partial charge is 0.495 e. The van der Waals surface area contributed by atoms with Crippen molar-refractivity contribution < 1.29 is 19.4 Å². The molecule has 1 aromatic carbocycles. The topological polar surface area (TPSA) is 88.5 Å². The average molecular weight is 461 g/mol. The maximum absolute atomic E-state index is 12.5. The van der Waals surface area contributed by atoms with Gasteiger partial charge in [0.2, 0.25) is 0 Å². The van der Waals surface area contributed by atoms with E-state index in [-0.39, 0.29) is 24.3 Å². The van der Waals surface area contributed by atoms with Crippen molar-refractivity contribution in [2.24, 2.45) is 17.3 Å². The molecule has 5 rings (SSSR count). The molecule has 0 saturated heterocycles. The Kier molecular flexibility index (Phi) is 5.92. The third-order valence-electron chi connectivity index (χ3n) is 8.45. The Labute approximate surface area is 200 Å². The van der Waals surface area contributed by atoms with Crippen molar-refractivity contribution in [1.82, 2.24) is 10.3 Å². The zero-order valence-electron chi connectivity index (χ0n) is 19.8. The van der Waals surface area contributed by atoms with E-state index >= 15 is 0 Å². The number of carbonyl (C=O) groups is 2. The van der Waals surface area contributed by atoms with Gasteiger partial charge in [-0.25, -0.2) is 0 Å². The number of pyridine rings is 1. The van der Waals surface area contributed by atoms with E-state index in [1.807, 2.05) is 18.3 Å². The van der Waals surface area contributed by atoms with Crippen molar-refractivity contribution in [3.63, 3.8) is 0 Å². The molecule has 2 aromatic rings. The van der Waals surface area contributed by atoms with Crippen molar-refractivity contribution >= 4 is 17.4 Å². The van der Waals surface area contributed by atoms with E-state index < -0.39 is 5.97 Å². The molecule has 1 amide bonds. The predicted molar refractivity (Wildman–Crippen MR) is 130 cm³/mol. The first-order valence-corrected chi connectivity index (χ1v) is 12.2. The molecule has 0 radical (unpaired) electrons. The summed E-state index contributed by atoms with van der Waals surface area (Å²) in [6.45, 7) is 2.58. The van der Waals surface area contributed by atoms with Crippen LogP contribution in [-0.2, 0) is 11.2 Å². The minimum absolute atomic E-state index is 0.0670. The normalized spacial score (nSPS) is 27.1. The van der Waals surface area contributed by atoms with Gasteiger partial charge in [0, 0.05) is 18.3 Å². The number of carbonyl (C=O) groups excluding carboxylic acids is 1. The molecule has 178 valence electrons. The number of benzene rings is 1. The summed E-state index contributed by atoms with van der Waals surface area (Å²) in [5.74, 6) is 1.47. The Bertz CT molecular complexity index is 1160. The molecular weight excluding hydrogens is 428 g/mol. The van der Waals surface area contributed by atoms with Gasteiger partial charge in [-0.15, -0.1) is 0 Å².